The fourth-order valence-electron chi connectivity index (χ4n) is 0.959. The average Bonchev–Trinajstić information content (AvgIpc) is 2.16. The van der Waals surface area contributed by atoms with Crippen molar-refractivity contribution >= 4 is 17.7 Å². The Hall–Kier alpha value is -1.91. The highest BCUT2D eigenvalue weighted by Crippen LogP contribution is 2.23. The Labute approximate surface area is 74.5 Å². The third kappa shape index (κ3) is 1.81. The Kier molecular flexibility index (Phi) is 2.59. The summed E-state index contributed by atoms with van der Waals surface area (Å²) in [5, 5.41) is 13.1. The molecule has 67 valence electrons. The third-order valence-electron chi connectivity index (χ3n) is 1.58. The van der Waals surface area contributed by atoms with Gasteiger partial charge in [-0.15, -0.1) is 0 Å². The standard InChI is InChI=1S/C8H7N2O3/c1-9-7-4-6(5-11)2-3-8(7)10(12)13/h2-4,9H,1H3. The summed E-state index contributed by atoms with van der Waals surface area (Å²) >= 11 is 0. The van der Waals surface area contributed by atoms with Crippen LogP contribution in [-0.2, 0) is 4.79 Å². The first kappa shape index (κ1) is 9.18. The van der Waals surface area contributed by atoms with Crippen molar-refractivity contribution in [2.75, 3.05) is 12.4 Å². The van der Waals surface area contributed by atoms with E-state index in [1.165, 1.54) is 18.2 Å². The van der Waals surface area contributed by atoms with Crippen molar-refractivity contribution in [3.63, 3.8) is 0 Å². The van der Waals surface area contributed by atoms with Crippen LogP contribution in [0.15, 0.2) is 18.2 Å². The lowest BCUT2D eigenvalue weighted by Gasteiger charge is -2.01. The van der Waals surface area contributed by atoms with Crippen LogP contribution in [0.5, 0.6) is 0 Å². The van der Waals surface area contributed by atoms with Gasteiger partial charge in [-0.25, -0.2) is 0 Å². The van der Waals surface area contributed by atoms with Gasteiger partial charge in [0.2, 0.25) is 6.29 Å². The largest absolute Gasteiger partial charge is 0.383 e. The van der Waals surface area contributed by atoms with Gasteiger partial charge in [-0.2, -0.15) is 0 Å². The van der Waals surface area contributed by atoms with E-state index < -0.39 is 4.92 Å². The molecule has 0 fully saturated rings. The van der Waals surface area contributed by atoms with E-state index in [1.807, 2.05) is 0 Å². The first-order valence-corrected chi connectivity index (χ1v) is 3.53. The second-order valence-corrected chi connectivity index (χ2v) is 2.34. The Bertz CT molecular complexity index is 349. The number of nitrogens with zero attached hydrogens (tertiary/aromatic N) is 1. The Morgan fingerprint density at radius 1 is 1.54 bits per heavy atom. The van der Waals surface area contributed by atoms with Crippen molar-refractivity contribution in [2.24, 2.45) is 0 Å². The molecule has 0 aliphatic carbocycles. The zero-order valence-corrected chi connectivity index (χ0v) is 6.90. The van der Waals surface area contributed by atoms with E-state index in [4.69, 9.17) is 0 Å². The monoisotopic (exact) mass is 179 g/mol. The molecule has 0 unspecified atom stereocenters. The minimum Gasteiger partial charge on any atom is -0.383 e. The lowest BCUT2D eigenvalue weighted by atomic mass is 10.2. The van der Waals surface area contributed by atoms with Gasteiger partial charge in [-0.1, -0.05) is 0 Å². The van der Waals surface area contributed by atoms with Crippen LogP contribution in [0.25, 0.3) is 0 Å². The van der Waals surface area contributed by atoms with E-state index in [-0.39, 0.29) is 11.3 Å². The molecule has 0 aliphatic rings. The molecular formula is C8H7N2O3. The molecule has 13 heavy (non-hydrogen) atoms. The molecule has 1 radical (unpaired) electrons. The van der Waals surface area contributed by atoms with E-state index in [0.717, 1.165) is 0 Å². The molecule has 5 heteroatoms. The molecular weight excluding hydrogens is 172 g/mol. The molecule has 0 amide bonds. The van der Waals surface area contributed by atoms with Crippen molar-refractivity contribution < 1.29 is 9.72 Å². The maximum absolute atomic E-state index is 10.4. The molecule has 0 spiro atoms. The van der Waals surface area contributed by atoms with Gasteiger partial charge in [0, 0.05) is 18.7 Å². The predicted molar refractivity (Wildman–Crippen MR) is 47.4 cm³/mol. The molecule has 0 saturated heterocycles. The minimum atomic E-state index is -0.513. The molecule has 5 nitrogen and oxygen atoms in total. The normalized spacial score (nSPS) is 9.31. The van der Waals surface area contributed by atoms with Gasteiger partial charge < -0.3 is 5.32 Å². The maximum Gasteiger partial charge on any atom is 0.292 e. The highest BCUT2D eigenvalue weighted by atomic mass is 16.6. The number of hydrogen-bond donors (Lipinski definition) is 1. The highest BCUT2D eigenvalue weighted by Gasteiger charge is 2.12. The predicted octanol–water partition coefficient (Wildman–Crippen LogP) is 1.09. The topological polar surface area (TPSA) is 72.2 Å². The number of hydrogen-bond acceptors (Lipinski definition) is 4. The molecule has 1 rings (SSSR count). The molecule has 0 heterocycles. The van der Waals surface area contributed by atoms with Crippen molar-refractivity contribution in [3.05, 3.63) is 33.9 Å². The fourth-order valence-corrected chi connectivity index (χ4v) is 0.959. The summed E-state index contributed by atoms with van der Waals surface area (Å²) in [5.74, 6) is 0. The Morgan fingerprint density at radius 3 is 2.69 bits per heavy atom. The molecule has 0 aliphatic heterocycles. The Balaban J connectivity index is 3.23. The van der Waals surface area contributed by atoms with Crippen LogP contribution in [0.4, 0.5) is 11.4 Å². The number of rotatable bonds is 3. The molecule has 0 bridgehead atoms. The van der Waals surface area contributed by atoms with Crippen molar-refractivity contribution in [3.8, 4) is 0 Å². The van der Waals surface area contributed by atoms with Gasteiger partial charge in [-0.3, -0.25) is 14.9 Å². The van der Waals surface area contributed by atoms with Gasteiger partial charge in [0.1, 0.15) is 5.69 Å². The number of nitro benzene ring substituents is 1. The molecule has 1 aromatic rings. The lowest BCUT2D eigenvalue weighted by Crippen LogP contribution is -1.97. The number of benzene rings is 1. The summed E-state index contributed by atoms with van der Waals surface area (Å²) in [4.78, 5) is 20.2. The smallest absolute Gasteiger partial charge is 0.292 e. The van der Waals surface area contributed by atoms with Crippen molar-refractivity contribution in [1.29, 1.82) is 0 Å². The first-order chi connectivity index (χ1) is 6.19. The van der Waals surface area contributed by atoms with Crippen molar-refractivity contribution in [1.82, 2.24) is 0 Å². The minimum absolute atomic E-state index is 0.0542. The van der Waals surface area contributed by atoms with E-state index in [0.29, 0.717) is 5.69 Å². The van der Waals surface area contributed by atoms with E-state index in [1.54, 1.807) is 13.3 Å². The highest BCUT2D eigenvalue weighted by molar-refractivity contribution is 5.80. The van der Waals surface area contributed by atoms with Crippen LogP contribution in [0.2, 0.25) is 0 Å². The lowest BCUT2D eigenvalue weighted by molar-refractivity contribution is -0.383. The van der Waals surface area contributed by atoms with Crippen LogP contribution >= 0.6 is 0 Å². The molecule has 0 saturated carbocycles. The quantitative estimate of drug-likeness (QED) is 0.557. The van der Waals surface area contributed by atoms with Gasteiger partial charge in [0.15, 0.2) is 0 Å². The van der Waals surface area contributed by atoms with E-state index in [9.17, 15) is 14.9 Å². The van der Waals surface area contributed by atoms with Crippen LogP contribution in [0.1, 0.15) is 5.56 Å². The number of nitrogens with one attached hydrogen (secondary N) is 1. The fraction of sp³-hybridized carbons (Fsp3) is 0.125. The van der Waals surface area contributed by atoms with Crippen LogP contribution in [-0.4, -0.2) is 18.3 Å². The summed E-state index contributed by atoms with van der Waals surface area (Å²) in [7, 11) is 1.55. The van der Waals surface area contributed by atoms with E-state index in [2.05, 4.69) is 5.32 Å². The number of anilines is 1. The van der Waals surface area contributed by atoms with E-state index >= 15 is 0 Å². The average molecular weight is 179 g/mol. The summed E-state index contributed by atoms with van der Waals surface area (Å²) in [6.07, 6.45) is 1.66. The summed E-state index contributed by atoms with van der Waals surface area (Å²) < 4.78 is 0. The molecule has 0 aromatic heterocycles. The number of carbonyl (C=O) groups excluding carboxylic acids is 1. The van der Waals surface area contributed by atoms with Gasteiger partial charge >= 0.3 is 0 Å². The first-order valence-electron chi connectivity index (χ1n) is 3.53. The Morgan fingerprint density at radius 2 is 2.23 bits per heavy atom. The zero-order valence-electron chi connectivity index (χ0n) is 6.90. The van der Waals surface area contributed by atoms with Crippen molar-refractivity contribution in [2.45, 2.75) is 0 Å². The SMILES string of the molecule is CNc1cc([C]=O)ccc1[N+](=O)[O-]. The number of nitro groups is 1. The summed E-state index contributed by atoms with van der Waals surface area (Å²) in [6.45, 7) is 0. The third-order valence-corrected chi connectivity index (χ3v) is 1.58. The van der Waals surface area contributed by atoms with Gasteiger partial charge in [-0.05, 0) is 12.1 Å². The van der Waals surface area contributed by atoms with Gasteiger partial charge in [0.25, 0.3) is 5.69 Å². The summed E-state index contributed by atoms with van der Waals surface area (Å²) in [6, 6.07) is 4.00. The maximum atomic E-state index is 10.4. The van der Waals surface area contributed by atoms with Crippen LogP contribution in [0, 0.1) is 10.1 Å². The zero-order chi connectivity index (χ0) is 9.84. The summed E-state index contributed by atoms with van der Waals surface area (Å²) in [5.41, 5.74) is 0.544. The second kappa shape index (κ2) is 3.66. The van der Waals surface area contributed by atoms with Crippen LogP contribution in [0.3, 0.4) is 0 Å². The molecule has 1 N–H and O–H groups in total. The second-order valence-electron chi connectivity index (χ2n) is 2.34. The van der Waals surface area contributed by atoms with Crippen LogP contribution < -0.4 is 5.32 Å². The molecule has 1 aromatic carbocycles. The molecule has 0 atom stereocenters. The van der Waals surface area contributed by atoms with Gasteiger partial charge in [0.05, 0.1) is 4.92 Å².